The lowest BCUT2D eigenvalue weighted by Crippen LogP contribution is -2.27. The van der Waals surface area contributed by atoms with Gasteiger partial charge in [0.15, 0.2) is 0 Å². The van der Waals surface area contributed by atoms with E-state index in [-0.39, 0.29) is 11.3 Å². The monoisotopic (exact) mass is 354 g/mol. The molecule has 0 radical (unpaired) electrons. The van der Waals surface area contributed by atoms with E-state index >= 15 is 0 Å². The molecule has 1 fully saturated rings. The third kappa shape index (κ3) is 3.46. The highest BCUT2D eigenvalue weighted by Crippen LogP contribution is 2.38. The summed E-state index contributed by atoms with van der Waals surface area (Å²) in [5.41, 5.74) is 3.20. The average Bonchev–Trinajstić information content (AvgIpc) is 3.31. The summed E-state index contributed by atoms with van der Waals surface area (Å²) in [6.07, 6.45) is 3.55. The van der Waals surface area contributed by atoms with Gasteiger partial charge in [-0.25, -0.2) is 4.68 Å². The molecule has 7 heteroatoms. The van der Waals surface area contributed by atoms with Crippen LogP contribution in [0.1, 0.15) is 28.0 Å². The van der Waals surface area contributed by atoms with Gasteiger partial charge in [-0.2, -0.15) is 0 Å². The molecule has 0 aliphatic carbocycles. The molecular formula is C18H18N4O2S. The Morgan fingerprint density at radius 3 is 3.00 bits per heavy atom. The highest BCUT2D eigenvalue weighted by atomic mass is 32.2. The Hall–Kier alpha value is -2.54. The maximum absolute atomic E-state index is 12.2. The summed E-state index contributed by atoms with van der Waals surface area (Å²) in [5.74, 6) is 1.32. The maximum Gasteiger partial charge on any atom is 0.234 e. The maximum atomic E-state index is 12.2. The molecule has 3 aromatic rings. The Bertz CT molecular complexity index is 875. The number of nitrogens with zero attached hydrogens (tertiary/aromatic N) is 4. The minimum atomic E-state index is -0.121. The summed E-state index contributed by atoms with van der Waals surface area (Å²) in [5, 5.41) is 8.41. The van der Waals surface area contributed by atoms with Gasteiger partial charge in [-0.05, 0) is 24.6 Å². The van der Waals surface area contributed by atoms with Crippen molar-refractivity contribution in [2.24, 2.45) is 0 Å². The number of benzene rings is 1. The van der Waals surface area contributed by atoms with Crippen molar-refractivity contribution in [3.05, 3.63) is 71.4 Å². The van der Waals surface area contributed by atoms with Crippen LogP contribution >= 0.6 is 11.8 Å². The number of aromatic nitrogens is 3. The average molecular weight is 354 g/mol. The van der Waals surface area contributed by atoms with Gasteiger partial charge < -0.3 is 9.32 Å². The lowest BCUT2D eigenvalue weighted by Gasteiger charge is -2.20. The number of hydrogen-bond donors (Lipinski definition) is 0. The van der Waals surface area contributed by atoms with Crippen molar-refractivity contribution < 1.29 is 9.21 Å². The number of thioether (sulfide) groups is 1. The second-order valence-corrected chi connectivity index (χ2v) is 7.16. The summed E-state index contributed by atoms with van der Waals surface area (Å²) < 4.78 is 7.20. The number of hydrogen-bond acceptors (Lipinski definition) is 5. The molecular weight excluding hydrogens is 336 g/mol. The Morgan fingerprint density at radius 1 is 1.28 bits per heavy atom. The van der Waals surface area contributed by atoms with Crippen molar-refractivity contribution in [3.63, 3.8) is 0 Å². The second kappa shape index (κ2) is 6.76. The van der Waals surface area contributed by atoms with Crippen LogP contribution in [0.4, 0.5) is 0 Å². The Morgan fingerprint density at radius 2 is 2.20 bits per heavy atom. The number of carbonyl (C=O) groups is 1. The van der Waals surface area contributed by atoms with Crippen LogP contribution in [0.2, 0.25) is 0 Å². The van der Waals surface area contributed by atoms with Gasteiger partial charge in [-0.1, -0.05) is 35.0 Å². The predicted octanol–water partition coefficient (Wildman–Crippen LogP) is 3.00. The highest BCUT2D eigenvalue weighted by Gasteiger charge is 2.35. The van der Waals surface area contributed by atoms with Crippen molar-refractivity contribution >= 4 is 17.7 Å². The number of furan rings is 1. The molecule has 4 rings (SSSR count). The number of rotatable bonds is 5. The molecule has 0 unspecified atom stereocenters. The zero-order valence-corrected chi connectivity index (χ0v) is 14.6. The Labute approximate surface area is 149 Å². The Kier molecular flexibility index (Phi) is 4.31. The molecule has 1 aliphatic heterocycles. The summed E-state index contributed by atoms with van der Waals surface area (Å²) in [4.78, 5) is 14.0. The van der Waals surface area contributed by atoms with Gasteiger partial charge in [0.05, 0.1) is 31.3 Å². The summed E-state index contributed by atoms with van der Waals surface area (Å²) in [6.45, 7) is 3.19. The topological polar surface area (TPSA) is 64.2 Å². The molecule has 128 valence electrons. The Balaban J connectivity index is 1.51. The van der Waals surface area contributed by atoms with E-state index in [0.717, 1.165) is 11.5 Å². The van der Waals surface area contributed by atoms with Crippen LogP contribution in [-0.2, 0) is 17.9 Å². The molecule has 2 aromatic heterocycles. The number of aryl methyl sites for hydroxylation is 1. The first-order valence-corrected chi connectivity index (χ1v) is 9.13. The van der Waals surface area contributed by atoms with Crippen molar-refractivity contribution in [1.29, 1.82) is 0 Å². The van der Waals surface area contributed by atoms with E-state index in [1.54, 1.807) is 22.9 Å². The molecule has 25 heavy (non-hydrogen) atoms. The van der Waals surface area contributed by atoms with E-state index in [1.165, 1.54) is 11.1 Å². The third-order valence-electron chi connectivity index (χ3n) is 4.11. The summed E-state index contributed by atoms with van der Waals surface area (Å²) in [6, 6.07) is 12.0. The van der Waals surface area contributed by atoms with Gasteiger partial charge in [0, 0.05) is 0 Å². The molecule has 1 amide bonds. The van der Waals surface area contributed by atoms with Crippen molar-refractivity contribution in [3.8, 4) is 0 Å². The first-order valence-electron chi connectivity index (χ1n) is 8.08. The standard InChI is InChI=1S/C18H18N4O2S/c1-13-4-2-5-14(8-13)9-21-11-16(19-20-21)18-22(17(23)12-25-18)10-15-6-3-7-24-15/h2-8,11,18H,9-10,12H2,1H3/t18-/m0/s1. The van der Waals surface area contributed by atoms with Crippen LogP contribution in [0.15, 0.2) is 53.3 Å². The fourth-order valence-corrected chi connectivity index (χ4v) is 4.06. The first kappa shape index (κ1) is 16.0. The molecule has 0 bridgehead atoms. The normalized spacial score (nSPS) is 17.4. The minimum absolute atomic E-state index is 0.0969. The summed E-state index contributed by atoms with van der Waals surface area (Å²) in [7, 11) is 0. The summed E-state index contributed by atoms with van der Waals surface area (Å²) >= 11 is 1.57. The largest absolute Gasteiger partial charge is 0.467 e. The van der Waals surface area contributed by atoms with Crippen molar-refractivity contribution in [2.45, 2.75) is 25.4 Å². The second-order valence-electron chi connectivity index (χ2n) is 6.09. The van der Waals surface area contributed by atoms with Crippen LogP contribution in [0, 0.1) is 6.92 Å². The molecule has 0 spiro atoms. The quantitative estimate of drug-likeness (QED) is 0.705. The van der Waals surface area contributed by atoms with Gasteiger partial charge in [0.25, 0.3) is 0 Å². The third-order valence-corrected chi connectivity index (χ3v) is 5.34. The highest BCUT2D eigenvalue weighted by molar-refractivity contribution is 8.00. The van der Waals surface area contributed by atoms with E-state index in [9.17, 15) is 4.79 Å². The zero-order chi connectivity index (χ0) is 17.2. The lowest BCUT2D eigenvalue weighted by molar-refractivity contribution is -0.128. The van der Waals surface area contributed by atoms with Gasteiger partial charge in [0.2, 0.25) is 5.91 Å². The lowest BCUT2D eigenvalue weighted by atomic mass is 10.1. The molecule has 1 atom stereocenters. The first-order chi connectivity index (χ1) is 12.2. The van der Waals surface area contributed by atoms with E-state index in [1.807, 2.05) is 29.1 Å². The predicted molar refractivity (Wildman–Crippen MR) is 94.8 cm³/mol. The smallest absolute Gasteiger partial charge is 0.234 e. The fraction of sp³-hybridized carbons (Fsp3) is 0.278. The van der Waals surface area contributed by atoms with Crippen LogP contribution in [-0.4, -0.2) is 31.6 Å². The van der Waals surface area contributed by atoms with E-state index in [2.05, 4.69) is 35.4 Å². The zero-order valence-electron chi connectivity index (χ0n) is 13.8. The molecule has 3 heterocycles. The van der Waals surface area contributed by atoms with E-state index in [0.29, 0.717) is 18.8 Å². The molecule has 1 saturated heterocycles. The van der Waals surface area contributed by atoms with Gasteiger partial charge in [-0.3, -0.25) is 4.79 Å². The van der Waals surface area contributed by atoms with Crippen LogP contribution in [0.25, 0.3) is 0 Å². The van der Waals surface area contributed by atoms with Crippen LogP contribution in [0.3, 0.4) is 0 Å². The molecule has 0 saturated carbocycles. The van der Waals surface area contributed by atoms with Crippen molar-refractivity contribution in [2.75, 3.05) is 5.75 Å². The molecule has 6 nitrogen and oxygen atoms in total. The van der Waals surface area contributed by atoms with Gasteiger partial charge in [-0.15, -0.1) is 16.9 Å². The van der Waals surface area contributed by atoms with E-state index in [4.69, 9.17) is 4.42 Å². The van der Waals surface area contributed by atoms with Gasteiger partial charge >= 0.3 is 0 Å². The molecule has 1 aromatic carbocycles. The van der Waals surface area contributed by atoms with Gasteiger partial charge in [0.1, 0.15) is 16.8 Å². The molecule has 0 N–H and O–H groups in total. The molecule has 1 aliphatic rings. The van der Waals surface area contributed by atoms with E-state index < -0.39 is 0 Å². The minimum Gasteiger partial charge on any atom is -0.467 e. The number of carbonyl (C=O) groups excluding carboxylic acids is 1. The van der Waals surface area contributed by atoms with Crippen LogP contribution < -0.4 is 0 Å². The van der Waals surface area contributed by atoms with Crippen molar-refractivity contribution in [1.82, 2.24) is 19.9 Å². The number of amides is 1. The SMILES string of the molecule is Cc1cccc(Cn2cc([C@@H]3SCC(=O)N3Cc3ccco3)nn2)c1. The fourth-order valence-electron chi connectivity index (χ4n) is 2.94. The van der Waals surface area contributed by atoms with Crippen LogP contribution in [0.5, 0.6) is 0 Å².